The van der Waals surface area contributed by atoms with E-state index in [1.165, 1.54) is 6.92 Å². The number of hydrogen-bond acceptors (Lipinski definition) is 2. The lowest BCUT2D eigenvalue weighted by atomic mass is 9.80. The Kier molecular flexibility index (Phi) is 5.58. The summed E-state index contributed by atoms with van der Waals surface area (Å²) in [6, 6.07) is 11.7. The topological polar surface area (TPSA) is 21.3 Å². The zero-order valence-corrected chi connectivity index (χ0v) is 16.9. The van der Waals surface area contributed by atoms with Crippen LogP contribution in [-0.4, -0.2) is 12.1 Å². The Morgan fingerprint density at radius 1 is 0.903 bits per heavy atom. The molecule has 0 spiro atoms. The van der Waals surface area contributed by atoms with Crippen LogP contribution >= 0.6 is 0 Å². The van der Waals surface area contributed by atoms with Gasteiger partial charge in [0.1, 0.15) is 0 Å². The van der Waals surface area contributed by atoms with Crippen LogP contribution in [0.3, 0.4) is 0 Å². The zero-order valence-electron chi connectivity index (χ0n) is 16.9. The standard InChI is InChI=1S/C23H23F6NO/c1-14(15-11-17(22(24,25)26)13-18(12-15)23(27,28)29)31-20-8-7-19-9-10-21(20,30-19)16-5-3-2-4-6-16/h2-6,11-14,19-20,30H,7-10H2,1H3/t14-,19+,20-,21-/m1/s1. The van der Waals surface area contributed by atoms with Crippen LogP contribution in [0.5, 0.6) is 0 Å². The van der Waals surface area contributed by atoms with E-state index in [0.29, 0.717) is 12.5 Å². The second kappa shape index (κ2) is 7.81. The largest absolute Gasteiger partial charge is 0.416 e. The van der Waals surface area contributed by atoms with Crippen molar-refractivity contribution in [1.29, 1.82) is 0 Å². The highest BCUT2D eigenvalue weighted by Crippen LogP contribution is 2.46. The second-order valence-corrected chi connectivity index (χ2v) is 8.40. The van der Waals surface area contributed by atoms with Gasteiger partial charge in [-0.05, 0) is 61.9 Å². The minimum absolute atomic E-state index is 0.134. The van der Waals surface area contributed by atoms with Crippen molar-refractivity contribution in [3.8, 4) is 0 Å². The molecule has 4 atom stereocenters. The normalized spacial score (nSPS) is 27.3. The molecular weight excluding hydrogens is 420 g/mol. The first-order valence-corrected chi connectivity index (χ1v) is 10.3. The van der Waals surface area contributed by atoms with E-state index >= 15 is 0 Å². The zero-order chi connectivity index (χ0) is 22.4. The number of benzene rings is 2. The Balaban J connectivity index is 1.66. The molecule has 31 heavy (non-hydrogen) atoms. The van der Waals surface area contributed by atoms with Crippen molar-refractivity contribution in [2.24, 2.45) is 0 Å². The quantitative estimate of drug-likeness (QED) is 0.537. The number of piperidine rings is 1. The molecule has 0 saturated carbocycles. The van der Waals surface area contributed by atoms with Gasteiger partial charge in [0.2, 0.25) is 0 Å². The van der Waals surface area contributed by atoms with Crippen molar-refractivity contribution >= 4 is 0 Å². The van der Waals surface area contributed by atoms with Gasteiger partial charge in [0, 0.05) is 6.04 Å². The molecule has 0 amide bonds. The molecule has 2 aromatic carbocycles. The third-order valence-corrected chi connectivity index (χ3v) is 6.41. The highest BCUT2D eigenvalue weighted by molar-refractivity contribution is 5.35. The van der Waals surface area contributed by atoms with E-state index in [4.69, 9.17) is 4.74 Å². The molecule has 2 bridgehead atoms. The average molecular weight is 443 g/mol. The summed E-state index contributed by atoms with van der Waals surface area (Å²) in [7, 11) is 0. The third kappa shape index (κ3) is 4.32. The Morgan fingerprint density at radius 2 is 1.52 bits per heavy atom. The molecule has 2 aliphatic heterocycles. The number of hydrogen-bond donors (Lipinski definition) is 1. The summed E-state index contributed by atoms with van der Waals surface area (Å²) < 4.78 is 85.7. The smallest absolute Gasteiger partial charge is 0.368 e. The first-order chi connectivity index (χ1) is 14.5. The highest BCUT2D eigenvalue weighted by Gasteiger charge is 2.50. The van der Waals surface area contributed by atoms with E-state index in [1.54, 1.807) is 0 Å². The first kappa shape index (κ1) is 22.1. The summed E-state index contributed by atoms with van der Waals surface area (Å²) >= 11 is 0. The summed E-state index contributed by atoms with van der Waals surface area (Å²) in [4.78, 5) is 0. The number of nitrogens with one attached hydrogen (secondary N) is 1. The van der Waals surface area contributed by atoms with E-state index < -0.39 is 35.1 Å². The van der Waals surface area contributed by atoms with Crippen LogP contribution in [0.25, 0.3) is 0 Å². The lowest BCUT2D eigenvalue weighted by Crippen LogP contribution is -2.54. The van der Waals surface area contributed by atoms with E-state index in [0.717, 1.165) is 37.0 Å². The maximum absolute atomic E-state index is 13.2. The predicted octanol–water partition coefficient (Wildman–Crippen LogP) is 6.61. The van der Waals surface area contributed by atoms with Crippen LogP contribution in [0.2, 0.25) is 0 Å². The molecule has 8 heteroatoms. The Hall–Kier alpha value is -2.06. The van der Waals surface area contributed by atoms with Crippen LogP contribution < -0.4 is 5.32 Å². The van der Waals surface area contributed by atoms with Gasteiger partial charge in [0.25, 0.3) is 0 Å². The van der Waals surface area contributed by atoms with Crippen molar-refractivity contribution in [1.82, 2.24) is 5.32 Å². The molecule has 2 saturated heterocycles. The fraction of sp³-hybridized carbons (Fsp3) is 0.478. The van der Waals surface area contributed by atoms with E-state index in [1.807, 2.05) is 30.3 Å². The summed E-state index contributed by atoms with van der Waals surface area (Å²) in [6.45, 7) is 1.51. The van der Waals surface area contributed by atoms with Crippen LogP contribution in [-0.2, 0) is 22.6 Å². The van der Waals surface area contributed by atoms with E-state index in [-0.39, 0.29) is 17.7 Å². The molecule has 0 radical (unpaired) electrons. The van der Waals surface area contributed by atoms with Crippen LogP contribution in [0, 0.1) is 0 Å². The van der Waals surface area contributed by atoms with Gasteiger partial charge >= 0.3 is 12.4 Å². The summed E-state index contributed by atoms with van der Waals surface area (Å²) in [5, 5.41) is 3.61. The number of halogens is 6. The van der Waals surface area contributed by atoms with Crippen LogP contribution in [0.15, 0.2) is 48.5 Å². The highest BCUT2D eigenvalue weighted by atomic mass is 19.4. The molecule has 2 aliphatic rings. The first-order valence-electron chi connectivity index (χ1n) is 10.3. The Labute approximate surface area is 176 Å². The van der Waals surface area contributed by atoms with E-state index in [2.05, 4.69) is 5.32 Å². The number of ether oxygens (including phenoxy) is 1. The molecule has 2 heterocycles. The molecule has 0 aromatic heterocycles. The predicted molar refractivity (Wildman–Crippen MR) is 103 cm³/mol. The molecule has 0 unspecified atom stereocenters. The number of rotatable bonds is 4. The fourth-order valence-corrected chi connectivity index (χ4v) is 4.85. The molecular formula is C23H23F6NO. The van der Waals surface area contributed by atoms with Crippen molar-refractivity contribution in [3.63, 3.8) is 0 Å². The number of alkyl halides is 6. The number of fused-ring (bicyclic) bond motifs is 2. The van der Waals surface area contributed by atoms with Crippen molar-refractivity contribution < 1.29 is 31.1 Å². The van der Waals surface area contributed by atoms with Gasteiger partial charge in [-0.3, -0.25) is 0 Å². The Bertz CT molecular complexity index is 894. The monoisotopic (exact) mass is 443 g/mol. The maximum atomic E-state index is 13.2. The van der Waals surface area contributed by atoms with Crippen molar-refractivity contribution in [3.05, 3.63) is 70.8 Å². The second-order valence-electron chi connectivity index (χ2n) is 8.40. The van der Waals surface area contributed by atoms with Crippen LogP contribution in [0.4, 0.5) is 26.3 Å². The Morgan fingerprint density at radius 3 is 2.10 bits per heavy atom. The molecule has 0 aliphatic carbocycles. The average Bonchev–Trinajstić information content (AvgIpc) is 3.08. The fourth-order valence-electron chi connectivity index (χ4n) is 4.85. The van der Waals surface area contributed by atoms with Gasteiger partial charge in [-0.2, -0.15) is 26.3 Å². The lowest BCUT2D eigenvalue weighted by molar-refractivity contribution is -0.143. The summed E-state index contributed by atoms with van der Waals surface area (Å²) in [6.07, 6.45) is -7.79. The molecule has 2 nitrogen and oxygen atoms in total. The van der Waals surface area contributed by atoms with Gasteiger partial charge in [0.05, 0.1) is 28.9 Å². The van der Waals surface area contributed by atoms with Crippen molar-refractivity contribution in [2.75, 3.05) is 0 Å². The minimum Gasteiger partial charge on any atom is -0.368 e. The minimum atomic E-state index is -4.88. The van der Waals surface area contributed by atoms with E-state index in [9.17, 15) is 26.3 Å². The molecule has 1 N–H and O–H groups in total. The molecule has 2 aromatic rings. The SMILES string of the molecule is C[C@@H](O[C@@H]1CC[C@H]2CC[C@]1(c1ccccc1)N2)c1cc(C(F)(F)F)cc(C(F)(F)F)c1. The van der Waals surface area contributed by atoms with Crippen molar-refractivity contribution in [2.45, 2.75) is 68.7 Å². The summed E-state index contributed by atoms with van der Waals surface area (Å²) in [5.41, 5.74) is -2.26. The van der Waals surface area contributed by atoms with Gasteiger partial charge < -0.3 is 10.1 Å². The maximum Gasteiger partial charge on any atom is 0.416 e. The third-order valence-electron chi connectivity index (χ3n) is 6.41. The molecule has 168 valence electrons. The van der Waals surface area contributed by atoms with Gasteiger partial charge in [-0.1, -0.05) is 30.3 Å². The van der Waals surface area contributed by atoms with Gasteiger partial charge in [-0.25, -0.2) is 0 Å². The molecule has 4 rings (SSSR count). The summed E-state index contributed by atoms with van der Waals surface area (Å²) in [5.74, 6) is 0. The van der Waals surface area contributed by atoms with Gasteiger partial charge in [0.15, 0.2) is 0 Å². The van der Waals surface area contributed by atoms with Crippen LogP contribution in [0.1, 0.15) is 61.0 Å². The lowest BCUT2D eigenvalue weighted by Gasteiger charge is -2.43. The van der Waals surface area contributed by atoms with Gasteiger partial charge in [-0.15, -0.1) is 0 Å². The molecule has 2 fully saturated rings.